The Morgan fingerprint density at radius 3 is 2.72 bits per heavy atom. The Balaban J connectivity index is 1.54. The van der Waals surface area contributed by atoms with Crippen LogP contribution in [0.15, 0.2) is 54.6 Å². The number of ether oxygens (including phenoxy) is 1. The fraction of sp³-hybridized carbons (Fsp3) is 0.444. The van der Waals surface area contributed by atoms with E-state index in [2.05, 4.69) is 71.9 Å². The van der Waals surface area contributed by atoms with Gasteiger partial charge in [0.05, 0.1) is 12.6 Å². The van der Waals surface area contributed by atoms with Crippen molar-refractivity contribution in [3.05, 3.63) is 71.3 Å². The summed E-state index contributed by atoms with van der Waals surface area (Å²) in [7, 11) is 0. The van der Waals surface area contributed by atoms with Gasteiger partial charge in [0.15, 0.2) is 0 Å². The number of amides is 1. The third-order valence-electron chi connectivity index (χ3n) is 6.79. The smallest absolute Gasteiger partial charge is 0.251 e. The summed E-state index contributed by atoms with van der Waals surface area (Å²) in [5.41, 5.74) is 4.26. The van der Waals surface area contributed by atoms with Crippen molar-refractivity contribution in [2.75, 3.05) is 38.1 Å². The van der Waals surface area contributed by atoms with Crippen LogP contribution < -0.4 is 15.4 Å². The molecule has 0 saturated carbocycles. The summed E-state index contributed by atoms with van der Waals surface area (Å²) in [5, 5.41) is 6.85. The predicted octanol–water partition coefficient (Wildman–Crippen LogP) is 4.98. The van der Waals surface area contributed by atoms with Crippen LogP contribution >= 0.6 is 0 Å². The van der Waals surface area contributed by atoms with Crippen molar-refractivity contribution in [3.63, 3.8) is 0 Å². The molecule has 3 atom stereocenters. The molecule has 1 aliphatic heterocycles. The number of hydrogen-bond acceptors (Lipinski definition) is 4. The number of hydrogen-bond donors (Lipinski definition) is 2. The van der Waals surface area contributed by atoms with Crippen molar-refractivity contribution in [3.8, 4) is 5.75 Å². The molecule has 2 N–H and O–H groups in total. The SMILES string of the molecule is CCOc1ccccc1C1Nc2ccc(C(=O)NCCN(CC)CC)cc2C2C=CCC21. The average Bonchev–Trinajstić information content (AvgIpc) is 3.32. The van der Waals surface area contributed by atoms with E-state index < -0.39 is 0 Å². The van der Waals surface area contributed by atoms with Crippen LogP contribution in [0.25, 0.3) is 0 Å². The maximum atomic E-state index is 12.8. The molecule has 0 saturated heterocycles. The zero-order valence-corrected chi connectivity index (χ0v) is 19.4. The van der Waals surface area contributed by atoms with E-state index in [1.54, 1.807) is 0 Å². The lowest BCUT2D eigenvalue weighted by atomic mass is 9.76. The highest BCUT2D eigenvalue weighted by Crippen LogP contribution is 2.51. The second-order valence-electron chi connectivity index (χ2n) is 8.53. The van der Waals surface area contributed by atoms with Crippen LogP contribution in [0.3, 0.4) is 0 Å². The molecule has 0 spiro atoms. The van der Waals surface area contributed by atoms with Crippen LogP contribution in [0.1, 0.15) is 60.6 Å². The molecular formula is C27H35N3O2. The lowest BCUT2D eigenvalue weighted by molar-refractivity contribution is 0.0948. The molecule has 3 unspecified atom stereocenters. The van der Waals surface area contributed by atoms with E-state index in [4.69, 9.17) is 4.74 Å². The third-order valence-corrected chi connectivity index (χ3v) is 6.79. The number of carbonyl (C=O) groups excluding carboxylic acids is 1. The number of nitrogens with one attached hydrogen (secondary N) is 2. The van der Waals surface area contributed by atoms with E-state index >= 15 is 0 Å². The van der Waals surface area contributed by atoms with E-state index in [1.165, 1.54) is 11.1 Å². The highest BCUT2D eigenvalue weighted by Gasteiger charge is 2.39. The second-order valence-corrected chi connectivity index (χ2v) is 8.53. The Bertz CT molecular complexity index is 967. The summed E-state index contributed by atoms with van der Waals surface area (Å²) in [5.74, 6) is 1.66. The van der Waals surface area contributed by atoms with Gasteiger partial charge in [-0.3, -0.25) is 4.79 Å². The lowest BCUT2D eigenvalue weighted by Crippen LogP contribution is -2.35. The molecule has 0 fully saturated rings. The average molecular weight is 434 g/mol. The predicted molar refractivity (Wildman–Crippen MR) is 131 cm³/mol. The number of para-hydroxylation sites is 1. The number of carbonyl (C=O) groups is 1. The quantitative estimate of drug-likeness (QED) is 0.548. The number of benzene rings is 2. The molecule has 0 bridgehead atoms. The van der Waals surface area contributed by atoms with Gasteiger partial charge >= 0.3 is 0 Å². The van der Waals surface area contributed by atoms with Crippen molar-refractivity contribution >= 4 is 11.6 Å². The van der Waals surface area contributed by atoms with Gasteiger partial charge in [0.1, 0.15) is 5.75 Å². The van der Waals surface area contributed by atoms with Gasteiger partial charge in [-0.1, -0.05) is 44.2 Å². The van der Waals surface area contributed by atoms with E-state index in [0.29, 0.717) is 25.0 Å². The van der Waals surface area contributed by atoms with E-state index in [9.17, 15) is 4.79 Å². The van der Waals surface area contributed by atoms with E-state index in [-0.39, 0.29) is 11.9 Å². The topological polar surface area (TPSA) is 53.6 Å². The molecule has 1 aliphatic carbocycles. The summed E-state index contributed by atoms with van der Waals surface area (Å²) >= 11 is 0. The van der Waals surface area contributed by atoms with Crippen LogP contribution in [-0.4, -0.2) is 43.6 Å². The Hall–Kier alpha value is -2.79. The first-order chi connectivity index (χ1) is 15.7. The summed E-state index contributed by atoms with van der Waals surface area (Å²) < 4.78 is 5.93. The van der Waals surface area contributed by atoms with Crippen LogP contribution in [0.5, 0.6) is 5.75 Å². The maximum Gasteiger partial charge on any atom is 0.251 e. The van der Waals surface area contributed by atoms with Gasteiger partial charge in [0, 0.05) is 35.8 Å². The highest BCUT2D eigenvalue weighted by atomic mass is 16.5. The van der Waals surface area contributed by atoms with Crippen molar-refractivity contribution in [2.45, 2.75) is 39.2 Å². The van der Waals surface area contributed by atoms with Crippen LogP contribution in [0.4, 0.5) is 5.69 Å². The van der Waals surface area contributed by atoms with Crippen molar-refractivity contribution < 1.29 is 9.53 Å². The molecule has 0 radical (unpaired) electrons. The van der Waals surface area contributed by atoms with Crippen LogP contribution in [0, 0.1) is 5.92 Å². The van der Waals surface area contributed by atoms with E-state index in [1.807, 2.05) is 19.1 Å². The van der Waals surface area contributed by atoms with Gasteiger partial charge in [-0.2, -0.15) is 0 Å². The van der Waals surface area contributed by atoms with Crippen molar-refractivity contribution in [2.24, 2.45) is 5.92 Å². The van der Waals surface area contributed by atoms with Gasteiger partial charge in [-0.05, 0) is 62.2 Å². The third kappa shape index (κ3) is 4.53. The molecule has 0 aromatic heterocycles. The maximum absolute atomic E-state index is 12.8. The van der Waals surface area contributed by atoms with Crippen LogP contribution in [0.2, 0.25) is 0 Å². The number of rotatable bonds is 9. The summed E-state index contributed by atoms with van der Waals surface area (Å²) in [6.45, 7) is 10.5. The summed E-state index contributed by atoms with van der Waals surface area (Å²) in [4.78, 5) is 15.1. The first-order valence-electron chi connectivity index (χ1n) is 12.0. The van der Waals surface area contributed by atoms with Crippen molar-refractivity contribution in [1.29, 1.82) is 0 Å². The van der Waals surface area contributed by atoms with Crippen LogP contribution in [-0.2, 0) is 0 Å². The molecule has 2 aromatic rings. The number of likely N-dealkylation sites (N-methyl/N-ethyl adjacent to an activating group) is 1. The fourth-order valence-electron chi connectivity index (χ4n) is 5.04. The Morgan fingerprint density at radius 1 is 1.12 bits per heavy atom. The van der Waals surface area contributed by atoms with Gasteiger partial charge in [-0.15, -0.1) is 0 Å². The highest BCUT2D eigenvalue weighted by molar-refractivity contribution is 5.95. The van der Waals surface area contributed by atoms with Gasteiger partial charge in [-0.25, -0.2) is 0 Å². The Morgan fingerprint density at radius 2 is 1.94 bits per heavy atom. The first-order valence-corrected chi connectivity index (χ1v) is 12.0. The van der Waals surface area contributed by atoms with Gasteiger partial charge in [0.25, 0.3) is 5.91 Å². The standard InChI is InChI=1S/C27H35N3O2/c1-4-30(5-2)17-16-28-27(31)19-14-15-24-23(18-19)20-11-9-12-21(20)26(29-24)22-10-7-8-13-25(22)32-6-3/h7-11,13-15,18,20-21,26,29H,4-6,12,16-17H2,1-3H3,(H,28,31). The van der Waals surface area contributed by atoms with Crippen molar-refractivity contribution in [1.82, 2.24) is 10.2 Å². The normalized spacial score (nSPS) is 21.1. The zero-order chi connectivity index (χ0) is 22.5. The minimum atomic E-state index is 0.00213. The number of nitrogens with zero attached hydrogens (tertiary/aromatic N) is 1. The summed E-state index contributed by atoms with van der Waals surface area (Å²) in [6, 6.07) is 14.6. The Labute approximate surface area is 191 Å². The lowest BCUT2D eigenvalue weighted by Gasteiger charge is -2.38. The zero-order valence-electron chi connectivity index (χ0n) is 19.4. The molecule has 4 rings (SSSR count). The Kier molecular flexibility index (Phi) is 7.15. The monoisotopic (exact) mass is 433 g/mol. The first kappa shape index (κ1) is 22.4. The van der Waals surface area contributed by atoms with E-state index in [0.717, 1.165) is 43.1 Å². The molecule has 170 valence electrons. The van der Waals surface area contributed by atoms with Gasteiger partial charge < -0.3 is 20.3 Å². The second kappa shape index (κ2) is 10.2. The molecule has 2 aliphatic rings. The largest absolute Gasteiger partial charge is 0.494 e. The number of anilines is 1. The fourth-order valence-corrected chi connectivity index (χ4v) is 5.04. The van der Waals surface area contributed by atoms with Gasteiger partial charge in [0.2, 0.25) is 0 Å². The number of allylic oxidation sites excluding steroid dienone is 2. The molecular weight excluding hydrogens is 398 g/mol. The number of fused-ring (bicyclic) bond motifs is 3. The molecule has 5 nitrogen and oxygen atoms in total. The molecule has 2 aromatic carbocycles. The molecule has 1 amide bonds. The molecule has 32 heavy (non-hydrogen) atoms. The molecule has 1 heterocycles. The summed E-state index contributed by atoms with van der Waals surface area (Å²) in [6.07, 6.45) is 5.60. The molecule has 5 heteroatoms. The minimum absolute atomic E-state index is 0.00213. The minimum Gasteiger partial charge on any atom is -0.494 e.